The Kier molecular flexibility index (Phi) is 5.45. The van der Waals surface area contributed by atoms with Crippen molar-refractivity contribution in [3.63, 3.8) is 0 Å². The van der Waals surface area contributed by atoms with E-state index in [4.69, 9.17) is 9.84 Å². The number of rotatable bonds is 6. The van der Waals surface area contributed by atoms with E-state index in [0.717, 1.165) is 0 Å². The first kappa shape index (κ1) is 15.9. The lowest BCUT2D eigenvalue weighted by Gasteiger charge is -2.17. The fourth-order valence-corrected chi connectivity index (χ4v) is 1.58. The lowest BCUT2D eigenvalue weighted by atomic mass is 10.1. The van der Waals surface area contributed by atoms with Crippen LogP contribution in [0.2, 0.25) is 0 Å². The highest BCUT2D eigenvalue weighted by molar-refractivity contribution is 5.62. The van der Waals surface area contributed by atoms with E-state index in [2.05, 4.69) is 4.74 Å². The molecule has 1 aromatic rings. The van der Waals surface area contributed by atoms with Gasteiger partial charge in [-0.1, -0.05) is 13.8 Å². The summed E-state index contributed by atoms with van der Waals surface area (Å²) < 4.78 is 10.2. The minimum atomic E-state index is -1.48. The number of carbonyl (C=O) groups is 1. The molecule has 1 N–H and O–H groups in total. The number of hydrogen-bond acceptors (Lipinski definition) is 5. The molecule has 0 amide bonds. The molecule has 0 fully saturated rings. The van der Waals surface area contributed by atoms with Crippen molar-refractivity contribution in [3.8, 4) is 5.75 Å². The fourth-order valence-electron chi connectivity index (χ4n) is 1.58. The third kappa shape index (κ3) is 4.51. The molecule has 7 heteroatoms. The van der Waals surface area contributed by atoms with Crippen LogP contribution in [-0.2, 0) is 4.74 Å². The van der Waals surface area contributed by atoms with Gasteiger partial charge in [0, 0.05) is 24.3 Å². The third-order valence-corrected chi connectivity index (χ3v) is 2.52. The Labute approximate surface area is 116 Å². The number of nitrogens with zero attached hydrogens (tertiary/aromatic N) is 1. The maximum absolute atomic E-state index is 10.8. The van der Waals surface area contributed by atoms with Crippen LogP contribution in [0, 0.1) is 16.0 Å². The van der Waals surface area contributed by atoms with Crippen molar-refractivity contribution < 1.29 is 24.3 Å². The van der Waals surface area contributed by atoms with Crippen molar-refractivity contribution >= 4 is 11.8 Å². The van der Waals surface area contributed by atoms with Gasteiger partial charge in [-0.05, 0) is 18.9 Å². The van der Waals surface area contributed by atoms with Gasteiger partial charge in [-0.25, -0.2) is 4.79 Å². The lowest BCUT2D eigenvalue weighted by molar-refractivity contribution is -0.385. The minimum absolute atomic E-state index is 0.0411. The van der Waals surface area contributed by atoms with Gasteiger partial charge in [-0.15, -0.1) is 0 Å². The summed E-state index contributed by atoms with van der Waals surface area (Å²) >= 11 is 0. The second-order valence-corrected chi connectivity index (χ2v) is 4.72. The second kappa shape index (κ2) is 6.85. The number of benzene rings is 1. The van der Waals surface area contributed by atoms with Gasteiger partial charge >= 0.3 is 6.16 Å². The molecule has 0 aromatic heterocycles. The predicted octanol–water partition coefficient (Wildman–Crippen LogP) is 3.39. The van der Waals surface area contributed by atoms with Crippen LogP contribution in [-0.4, -0.2) is 22.8 Å². The molecule has 1 atom stereocenters. The van der Waals surface area contributed by atoms with E-state index in [1.807, 2.05) is 13.8 Å². The van der Waals surface area contributed by atoms with Gasteiger partial charge in [0.1, 0.15) is 5.75 Å². The van der Waals surface area contributed by atoms with Crippen molar-refractivity contribution in [2.24, 2.45) is 5.92 Å². The van der Waals surface area contributed by atoms with E-state index in [1.165, 1.54) is 18.2 Å². The Morgan fingerprint density at radius 1 is 1.40 bits per heavy atom. The molecular weight excluding hydrogens is 266 g/mol. The molecule has 20 heavy (non-hydrogen) atoms. The predicted molar refractivity (Wildman–Crippen MR) is 71.0 cm³/mol. The average Bonchev–Trinajstić information content (AvgIpc) is 2.35. The molecule has 7 nitrogen and oxygen atoms in total. The molecule has 0 aliphatic carbocycles. The molecule has 0 aliphatic heterocycles. The molecule has 0 heterocycles. The molecule has 1 rings (SSSR count). The number of nitro groups is 1. The summed E-state index contributed by atoms with van der Waals surface area (Å²) in [4.78, 5) is 20.9. The van der Waals surface area contributed by atoms with Gasteiger partial charge < -0.3 is 14.6 Å². The molecule has 0 saturated heterocycles. The number of ether oxygens (including phenoxy) is 2. The summed E-state index contributed by atoms with van der Waals surface area (Å²) in [5.74, 6) is 0.333. The Bertz CT molecular complexity index is 500. The maximum Gasteiger partial charge on any atom is 0.511 e. The molecule has 0 radical (unpaired) electrons. The van der Waals surface area contributed by atoms with Crippen LogP contribution < -0.4 is 4.74 Å². The van der Waals surface area contributed by atoms with E-state index < -0.39 is 17.2 Å². The quantitative estimate of drug-likeness (QED) is 0.372. The summed E-state index contributed by atoms with van der Waals surface area (Å²) in [5.41, 5.74) is 0.194. The van der Waals surface area contributed by atoms with Crippen LogP contribution in [0.1, 0.15) is 32.4 Å². The monoisotopic (exact) mass is 283 g/mol. The topological polar surface area (TPSA) is 98.9 Å². The highest BCUT2D eigenvalue weighted by Crippen LogP contribution is 2.31. The highest BCUT2D eigenvalue weighted by atomic mass is 16.7. The summed E-state index contributed by atoms with van der Waals surface area (Å²) in [5, 5.41) is 19.5. The SMILES string of the molecule is CC(C)COC(C)c1cc([N+](=O)[O-])ccc1OC(=O)O. The van der Waals surface area contributed by atoms with Gasteiger partial charge in [0.25, 0.3) is 5.69 Å². The van der Waals surface area contributed by atoms with Crippen molar-refractivity contribution in [3.05, 3.63) is 33.9 Å². The van der Waals surface area contributed by atoms with Gasteiger partial charge in [-0.3, -0.25) is 10.1 Å². The van der Waals surface area contributed by atoms with Gasteiger partial charge in [0.2, 0.25) is 0 Å². The number of nitro benzene ring substituents is 1. The average molecular weight is 283 g/mol. The Hall–Kier alpha value is -2.15. The zero-order valence-electron chi connectivity index (χ0n) is 11.5. The minimum Gasteiger partial charge on any atom is -0.449 e. The first-order valence-electron chi connectivity index (χ1n) is 6.12. The van der Waals surface area contributed by atoms with Crippen molar-refractivity contribution in [1.82, 2.24) is 0 Å². The number of non-ortho nitro benzene ring substituents is 1. The summed E-state index contributed by atoms with van der Waals surface area (Å²) in [6, 6.07) is 3.72. The summed E-state index contributed by atoms with van der Waals surface area (Å²) in [6.45, 7) is 6.08. The largest absolute Gasteiger partial charge is 0.511 e. The summed E-state index contributed by atoms with van der Waals surface area (Å²) in [6.07, 6.45) is -1.98. The van der Waals surface area contributed by atoms with Crippen LogP contribution in [0.4, 0.5) is 10.5 Å². The molecule has 0 aliphatic rings. The highest BCUT2D eigenvalue weighted by Gasteiger charge is 2.19. The zero-order valence-corrected chi connectivity index (χ0v) is 11.5. The summed E-state index contributed by atoms with van der Waals surface area (Å²) in [7, 11) is 0. The van der Waals surface area contributed by atoms with Gasteiger partial charge in [0.15, 0.2) is 0 Å². The van der Waals surface area contributed by atoms with Crippen molar-refractivity contribution in [2.75, 3.05) is 6.61 Å². The molecule has 0 spiro atoms. The molecular formula is C13H17NO6. The number of hydrogen-bond donors (Lipinski definition) is 1. The van der Waals surface area contributed by atoms with Crippen molar-refractivity contribution in [1.29, 1.82) is 0 Å². The Morgan fingerprint density at radius 3 is 2.55 bits per heavy atom. The zero-order chi connectivity index (χ0) is 15.3. The Morgan fingerprint density at radius 2 is 2.05 bits per heavy atom. The van der Waals surface area contributed by atoms with Crippen LogP contribution in [0.25, 0.3) is 0 Å². The van der Waals surface area contributed by atoms with Crippen LogP contribution in [0.3, 0.4) is 0 Å². The van der Waals surface area contributed by atoms with E-state index in [0.29, 0.717) is 18.1 Å². The van der Waals surface area contributed by atoms with E-state index in [1.54, 1.807) is 6.92 Å². The van der Waals surface area contributed by atoms with Gasteiger partial charge in [-0.2, -0.15) is 0 Å². The first-order chi connectivity index (χ1) is 9.31. The molecule has 1 aromatic carbocycles. The third-order valence-electron chi connectivity index (χ3n) is 2.52. The molecule has 110 valence electrons. The molecule has 1 unspecified atom stereocenters. The normalized spacial score (nSPS) is 12.2. The lowest BCUT2D eigenvalue weighted by Crippen LogP contribution is -2.11. The fraction of sp³-hybridized carbons (Fsp3) is 0.462. The van der Waals surface area contributed by atoms with E-state index in [-0.39, 0.29) is 11.4 Å². The van der Waals surface area contributed by atoms with Crippen LogP contribution >= 0.6 is 0 Å². The standard InChI is InChI=1S/C13H17NO6/c1-8(2)7-19-9(3)11-6-10(14(17)18)4-5-12(11)20-13(15)16/h4-6,8-9H,7H2,1-3H3,(H,15,16). The van der Waals surface area contributed by atoms with E-state index >= 15 is 0 Å². The maximum atomic E-state index is 10.8. The van der Waals surface area contributed by atoms with E-state index in [9.17, 15) is 14.9 Å². The molecule has 0 saturated carbocycles. The van der Waals surface area contributed by atoms with Crippen LogP contribution in [0.15, 0.2) is 18.2 Å². The van der Waals surface area contributed by atoms with Crippen LogP contribution in [0.5, 0.6) is 5.75 Å². The number of carboxylic acid groups (broad SMARTS) is 1. The Balaban J connectivity index is 3.06. The molecule has 0 bridgehead atoms. The van der Waals surface area contributed by atoms with Gasteiger partial charge in [0.05, 0.1) is 11.0 Å². The van der Waals surface area contributed by atoms with Crippen molar-refractivity contribution in [2.45, 2.75) is 26.9 Å². The first-order valence-corrected chi connectivity index (χ1v) is 6.12. The second-order valence-electron chi connectivity index (χ2n) is 4.72. The smallest absolute Gasteiger partial charge is 0.449 e.